The molecule has 3 heterocycles. The molecule has 5 rings (SSSR count). The minimum Gasteiger partial charge on any atom is -0.378 e. The molecule has 9 nitrogen and oxygen atoms in total. The van der Waals surface area contributed by atoms with Crippen LogP contribution in [0.2, 0.25) is 5.02 Å². The highest BCUT2D eigenvalue weighted by Crippen LogP contribution is 2.28. The normalized spacial score (nSPS) is 14.6. The third kappa shape index (κ3) is 4.50. The zero-order valence-corrected chi connectivity index (χ0v) is 20.4. The van der Waals surface area contributed by atoms with Crippen molar-refractivity contribution in [3.63, 3.8) is 0 Å². The smallest absolute Gasteiger partial charge is 0.264 e. The van der Waals surface area contributed by atoms with Gasteiger partial charge in [0.15, 0.2) is 0 Å². The number of nitrogens with one attached hydrogen (secondary N) is 1. The molecule has 0 radical (unpaired) electrons. The van der Waals surface area contributed by atoms with Gasteiger partial charge in [0.05, 0.1) is 29.7 Å². The van der Waals surface area contributed by atoms with Crippen molar-refractivity contribution in [2.45, 2.75) is 13.0 Å². The van der Waals surface area contributed by atoms with Gasteiger partial charge in [0.2, 0.25) is 5.95 Å². The highest BCUT2D eigenvalue weighted by molar-refractivity contribution is 6.35. The molecule has 1 saturated heterocycles. The Labute approximate surface area is 212 Å². The number of hydrogen-bond donors (Lipinski definition) is 2. The number of aromatic nitrogens is 3. The van der Waals surface area contributed by atoms with E-state index in [0.717, 1.165) is 5.39 Å². The van der Waals surface area contributed by atoms with Gasteiger partial charge in [0.25, 0.3) is 11.5 Å². The summed E-state index contributed by atoms with van der Waals surface area (Å²) in [4.78, 5) is 37.0. The van der Waals surface area contributed by atoms with E-state index in [4.69, 9.17) is 22.1 Å². The summed E-state index contributed by atoms with van der Waals surface area (Å²) in [6, 6.07) is 16.2. The molecule has 2 aromatic carbocycles. The van der Waals surface area contributed by atoms with E-state index in [2.05, 4.69) is 15.3 Å². The lowest BCUT2D eigenvalue weighted by Gasteiger charge is -2.28. The van der Waals surface area contributed by atoms with Crippen LogP contribution in [0.5, 0.6) is 0 Å². The molecule has 2 aromatic heterocycles. The number of para-hydroxylation sites is 1. The maximum atomic E-state index is 13.7. The minimum absolute atomic E-state index is 0.0361. The number of carbonyl (C=O) groups excluding carboxylic acids is 1. The summed E-state index contributed by atoms with van der Waals surface area (Å²) in [5.74, 6) is 0.123. The Bertz CT molecular complexity index is 1480. The summed E-state index contributed by atoms with van der Waals surface area (Å²) in [5, 5.41) is 4.84. The summed E-state index contributed by atoms with van der Waals surface area (Å²) < 4.78 is 6.99. The average Bonchev–Trinajstić information content (AvgIpc) is 2.89. The van der Waals surface area contributed by atoms with Crippen LogP contribution in [-0.2, 0) is 4.74 Å². The van der Waals surface area contributed by atoms with E-state index in [0.29, 0.717) is 59.5 Å². The molecule has 0 bridgehead atoms. The Morgan fingerprint density at radius 3 is 2.64 bits per heavy atom. The summed E-state index contributed by atoms with van der Waals surface area (Å²) in [7, 11) is 0. The van der Waals surface area contributed by atoms with Gasteiger partial charge in [-0.05, 0) is 36.6 Å². The van der Waals surface area contributed by atoms with Gasteiger partial charge < -0.3 is 20.7 Å². The number of rotatable bonds is 5. The molecule has 1 aliphatic rings. The van der Waals surface area contributed by atoms with Crippen LogP contribution in [0.1, 0.15) is 29.0 Å². The topological polar surface area (TPSA) is 115 Å². The third-order valence-electron chi connectivity index (χ3n) is 6.17. The predicted molar refractivity (Wildman–Crippen MR) is 140 cm³/mol. The molecular weight excluding hydrogens is 480 g/mol. The van der Waals surface area contributed by atoms with Gasteiger partial charge in [-0.3, -0.25) is 14.2 Å². The number of carbonyl (C=O) groups is 1. The summed E-state index contributed by atoms with van der Waals surface area (Å²) in [5.41, 5.74) is 7.31. The molecule has 1 aliphatic heterocycles. The number of ether oxygens (including phenoxy) is 1. The average molecular weight is 505 g/mol. The molecule has 10 heteroatoms. The first kappa shape index (κ1) is 23.8. The summed E-state index contributed by atoms with van der Waals surface area (Å²) in [6.07, 6.45) is 1.43. The molecule has 1 amide bonds. The van der Waals surface area contributed by atoms with Crippen molar-refractivity contribution in [1.82, 2.24) is 19.4 Å². The number of hydrogen-bond acceptors (Lipinski definition) is 7. The van der Waals surface area contributed by atoms with E-state index in [9.17, 15) is 9.59 Å². The fourth-order valence-corrected chi connectivity index (χ4v) is 4.64. The van der Waals surface area contributed by atoms with Crippen LogP contribution in [0.15, 0.2) is 65.6 Å². The van der Waals surface area contributed by atoms with Crippen LogP contribution in [-0.4, -0.2) is 51.6 Å². The second-order valence-electron chi connectivity index (χ2n) is 8.51. The molecule has 1 unspecified atom stereocenters. The highest BCUT2D eigenvalue weighted by atomic mass is 35.5. The van der Waals surface area contributed by atoms with Gasteiger partial charge in [0.1, 0.15) is 11.4 Å². The van der Waals surface area contributed by atoms with Gasteiger partial charge in [-0.2, -0.15) is 4.98 Å². The molecule has 3 N–H and O–H groups in total. The zero-order chi connectivity index (χ0) is 25.2. The summed E-state index contributed by atoms with van der Waals surface area (Å²) in [6.45, 7) is 3.81. The lowest BCUT2D eigenvalue weighted by Crippen LogP contribution is -2.41. The number of fused-ring (bicyclic) bond motifs is 1. The first-order valence-corrected chi connectivity index (χ1v) is 12.0. The largest absolute Gasteiger partial charge is 0.378 e. The monoisotopic (exact) mass is 504 g/mol. The maximum absolute atomic E-state index is 13.7. The Kier molecular flexibility index (Phi) is 6.58. The van der Waals surface area contributed by atoms with E-state index < -0.39 is 6.04 Å². The van der Waals surface area contributed by atoms with Crippen molar-refractivity contribution >= 4 is 40.0 Å². The number of halogens is 1. The van der Waals surface area contributed by atoms with Crippen LogP contribution >= 0.6 is 11.6 Å². The number of morpholine rings is 1. The van der Waals surface area contributed by atoms with E-state index in [1.165, 1.54) is 6.20 Å². The van der Waals surface area contributed by atoms with Gasteiger partial charge in [0, 0.05) is 30.7 Å². The van der Waals surface area contributed by atoms with Crippen molar-refractivity contribution < 1.29 is 9.53 Å². The van der Waals surface area contributed by atoms with Crippen molar-refractivity contribution in [1.29, 1.82) is 0 Å². The van der Waals surface area contributed by atoms with Crippen molar-refractivity contribution in [2.24, 2.45) is 0 Å². The van der Waals surface area contributed by atoms with E-state index in [-0.39, 0.29) is 17.4 Å². The van der Waals surface area contributed by atoms with Crippen molar-refractivity contribution in [3.8, 4) is 5.69 Å². The van der Waals surface area contributed by atoms with Crippen LogP contribution in [0.25, 0.3) is 16.5 Å². The van der Waals surface area contributed by atoms with Crippen molar-refractivity contribution in [2.75, 3.05) is 37.4 Å². The van der Waals surface area contributed by atoms with Crippen LogP contribution in [0, 0.1) is 0 Å². The number of benzene rings is 2. The number of amides is 1. The standard InChI is InChI=1S/C26H25ClN6O3/c1-16(30-23-19(15-29-26(28)31-23)24(34)32-10-12-36-13-11-32)21-14-17-6-5-9-20(27)22(17)25(35)33(21)18-7-3-2-4-8-18/h2-9,14-16H,10-13H2,1H3,(H3,28,29,30,31). The number of nitrogen functional groups attached to an aromatic ring is 1. The number of pyridine rings is 1. The lowest BCUT2D eigenvalue weighted by atomic mass is 10.1. The Morgan fingerprint density at radius 1 is 1.14 bits per heavy atom. The SMILES string of the molecule is CC(Nc1nc(N)ncc1C(=O)N1CCOCC1)c1cc2cccc(Cl)c2c(=O)n1-c1ccccc1. The fourth-order valence-electron chi connectivity index (χ4n) is 4.38. The second kappa shape index (κ2) is 9.96. The number of nitrogens with two attached hydrogens (primary N) is 1. The van der Waals surface area contributed by atoms with Gasteiger partial charge in [-0.15, -0.1) is 0 Å². The van der Waals surface area contributed by atoms with E-state index in [1.807, 2.05) is 55.5 Å². The van der Waals surface area contributed by atoms with Gasteiger partial charge in [-0.25, -0.2) is 4.98 Å². The van der Waals surface area contributed by atoms with Crippen molar-refractivity contribution in [3.05, 3.63) is 87.4 Å². The minimum atomic E-state index is -0.438. The molecular formula is C26H25ClN6O3. The maximum Gasteiger partial charge on any atom is 0.264 e. The molecule has 0 spiro atoms. The molecule has 1 fully saturated rings. The van der Waals surface area contributed by atoms with Crippen LogP contribution in [0.4, 0.5) is 11.8 Å². The molecule has 184 valence electrons. The number of nitrogens with zero attached hydrogens (tertiary/aromatic N) is 4. The zero-order valence-electron chi connectivity index (χ0n) is 19.6. The molecule has 1 atom stereocenters. The first-order valence-electron chi connectivity index (χ1n) is 11.6. The predicted octanol–water partition coefficient (Wildman–Crippen LogP) is 3.66. The Morgan fingerprint density at radius 2 is 1.89 bits per heavy atom. The van der Waals surface area contributed by atoms with E-state index in [1.54, 1.807) is 15.5 Å². The lowest BCUT2D eigenvalue weighted by molar-refractivity contribution is 0.0303. The van der Waals surface area contributed by atoms with Gasteiger partial charge >= 0.3 is 0 Å². The van der Waals surface area contributed by atoms with Crippen LogP contribution < -0.4 is 16.6 Å². The number of anilines is 2. The van der Waals surface area contributed by atoms with Gasteiger partial charge in [-0.1, -0.05) is 41.9 Å². The molecule has 36 heavy (non-hydrogen) atoms. The highest BCUT2D eigenvalue weighted by Gasteiger charge is 2.25. The van der Waals surface area contributed by atoms with Crippen LogP contribution in [0.3, 0.4) is 0 Å². The molecule has 0 aliphatic carbocycles. The Balaban J connectivity index is 1.60. The van der Waals surface area contributed by atoms with E-state index >= 15 is 0 Å². The Hall–Kier alpha value is -3.95. The first-order chi connectivity index (χ1) is 17.4. The quantitative estimate of drug-likeness (QED) is 0.426. The third-order valence-corrected chi connectivity index (χ3v) is 6.49. The molecule has 0 saturated carbocycles. The summed E-state index contributed by atoms with van der Waals surface area (Å²) >= 11 is 6.42. The fraction of sp³-hybridized carbons (Fsp3) is 0.231. The molecule has 4 aromatic rings. The second-order valence-corrected chi connectivity index (χ2v) is 8.92.